The van der Waals surface area contributed by atoms with E-state index in [2.05, 4.69) is 20.8 Å². The molecule has 0 atom stereocenters. The van der Waals surface area contributed by atoms with Crippen molar-refractivity contribution in [3.8, 4) is 0 Å². The average molecular weight is 300 g/mol. The zero-order valence-electron chi connectivity index (χ0n) is 10.3. The van der Waals surface area contributed by atoms with Crippen molar-refractivity contribution in [2.75, 3.05) is 5.32 Å². The van der Waals surface area contributed by atoms with E-state index in [0.717, 1.165) is 18.7 Å². The van der Waals surface area contributed by atoms with Crippen LogP contribution in [0, 0.1) is 0 Å². The van der Waals surface area contributed by atoms with E-state index in [9.17, 15) is 13.2 Å². The summed E-state index contributed by atoms with van der Waals surface area (Å²) < 4.78 is 37.2. The number of aromatic nitrogens is 2. The number of alkyl halides is 3. The van der Waals surface area contributed by atoms with E-state index in [0.29, 0.717) is 17.9 Å². The highest BCUT2D eigenvalue weighted by molar-refractivity contribution is 7.15. The van der Waals surface area contributed by atoms with Gasteiger partial charge < -0.3 is 10.6 Å². The molecule has 0 amide bonds. The Morgan fingerprint density at radius 2 is 2.00 bits per heavy atom. The summed E-state index contributed by atoms with van der Waals surface area (Å²) in [6.45, 7) is 2.13. The molecule has 0 saturated carbocycles. The zero-order chi connectivity index (χ0) is 14.2. The van der Waals surface area contributed by atoms with Gasteiger partial charge in [0.05, 0.1) is 0 Å². The lowest BCUT2D eigenvalue weighted by Crippen LogP contribution is -2.03. The number of benzene rings is 1. The average Bonchev–Trinajstić information content (AvgIpc) is 3.04. The highest BCUT2D eigenvalue weighted by Crippen LogP contribution is 2.33. The highest BCUT2D eigenvalue weighted by Gasteiger charge is 2.35. The van der Waals surface area contributed by atoms with Gasteiger partial charge in [0.25, 0.3) is 0 Å². The quantitative estimate of drug-likeness (QED) is 0.915. The first-order chi connectivity index (χ1) is 9.52. The Hall–Kier alpha value is -1.67. The molecule has 1 aromatic carbocycles. The van der Waals surface area contributed by atoms with Crippen molar-refractivity contribution in [2.24, 2.45) is 0 Å². The van der Waals surface area contributed by atoms with Crippen LogP contribution in [0.15, 0.2) is 18.2 Å². The molecule has 1 aliphatic rings. The first kappa shape index (κ1) is 13.3. The fourth-order valence-electron chi connectivity index (χ4n) is 2.04. The molecule has 1 aliphatic heterocycles. The number of hydrogen-bond acceptors (Lipinski definition) is 5. The van der Waals surface area contributed by atoms with Crippen molar-refractivity contribution in [1.82, 2.24) is 15.5 Å². The molecule has 0 bridgehead atoms. The monoisotopic (exact) mass is 300 g/mol. The van der Waals surface area contributed by atoms with Crippen LogP contribution in [0.5, 0.6) is 0 Å². The van der Waals surface area contributed by atoms with E-state index >= 15 is 0 Å². The van der Waals surface area contributed by atoms with E-state index in [4.69, 9.17) is 0 Å². The SMILES string of the molecule is FC(F)(F)c1nnc(NCc2ccc3c(c2)CNC3)s1. The molecule has 0 fully saturated rings. The Morgan fingerprint density at radius 1 is 1.20 bits per heavy atom. The molecular formula is C12H11F3N4S. The normalized spacial score (nSPS) is 14.3. The first-order valence-electron chi connectivity index (χ1n) is 5.98. The van der Waals surface area contributed by atoms with Crippen LogP contribution in [0.3, 0.4) is 0 Å². The topological polar surface area (TPSA) is 49.8 Å². The van der Waals surface area contributed by atoms with Gasteiger partial charge in [0, 0.05) is 19.6 Å². The summed E-state index contributed by atoms with van der Waals surface area (Å²) in [5.41, 5.74) is 3.51. The van der Waals surface area contributed by atoms with E-state index in [1.165, 1.54) is 11.1 Å². The Labute approximate surface area is 117 Å². The maximum absolute atomic E-state index is 12.4. The molecule has 20 heavy (non-hydrogen) atoms. The fraction of sp³-hybridized carbons (Fsp3) is 0.333. The van der Waals surface area contributed by atoms with E-state index in [-0.39, 0.29) is 5.13 Å². The van der Waals surface area contributed by atoms with Gasteiger partial charge in [-0.2, -0.15) is 13.2 Å². The van der Waals surface area contributed by atoms with Gasteiger partial charge >= 0.3 is 6.18 Å². The van der Waals surface area contributed by atoms with Gasteiger partial charge in [-0.3, -0.25) is 0 Å². The van der Waals surface area contributed by atoms with Crippen molar-refractivity contribution in [2.45, 2.75) is 25.8 Å². The Kier molecular flexibility index (Phi) is 3.35. The summed E-state index contributed by atoms with van der Waals surface area (Å²) in [7, 11) is 0. The second-order valence-electron chi connectivity index (χ2n) is 4.47. The van der Waals surface area contributed by atoms with Crippen LogP contribution in [-0.2, 0) is 25.8 Å². The Balaban J connectivity index is 1.66. The summed E-state index contributed by atoms with van der Waals surface area (Å²) in [4.78, 5) is 0. The smallest absolute Gasteiger partial charge is 0.356 e. The highest BCUT2D eigenvalue weighted by atomic mass is 32.1. The number of nitrogens with one attached hydrogen (secondary N) is 2. The maximum atomic E-state index is 12.4. The molecule has 4 nitrogen and oxygen atoms in total. The lowest BCUT2D eigenvalue weighted by molar-refractivity contribution is -0.138. The zero-order valence-corrected chi connectivity index (χ0v) is 11.1. The number of hydrogen-bond donors (Lipinski definition) is 2. The van der Waals surface area contributed by atoms with Gasteiger partial charge in [0.2, 0.25) is 10.1 Å². The van der Waals surface area contributed by atoms with Crippen molar-refractivity contribution in [1.29, 1.82) is 0 Å². The van der Waals surface area contributed by atoms with Crippen LogP contribution in [0.25, 0.3) is 0 Å². The molecule has 2 heterocycles. The van der Waals surface area contributed by atoms with Crippen molar-refractivity contribution in [3.05, 3.63) is 39.9 Å². The van der Waals surface area contributed by atoms with Crippen LogP contribution >= 0.6 is 11.3 Å². The van der Waals surface area contributed by atoms with Crippen LogP contribution in [0.4, 0.5) is 18.3 Å². The standard InChI is InChI=1S/C12H11F3N4S/c13-12(14,15)10-18-19-11(20-10)17-4-7-1-2-8-5-16-6-9(8)3-7/h1-3,16H,4-6H2,(H,17,19). The van der Waals surface area contributed by atoms with Gasteiger partial charge in [-0.05, 0) is 16.7 Å². The second kappa shape index (κ2) is 5.02. The third-order valence-electron chi connectivity index (χ3n) is 3.01. The van der Waals surface area contributed by atoms with E-state index < -0.39 is 11.2 Å². The molecule has 106 valence electrons. The van der Waals surface area contributed by atoms with Gasteiger partial charge in [0.1, 0.15) is 0 Å². The molecule has 0 saturated heterocycles. The molecule has 0 spiro atoms. The second-order valence-corrected chi connectivity index (χ2v) is 5.45. The summed E-state index contributed by atoms with van der Waals surface area (Å²) in [5, 5.41) is 12.0. The minimum Gasteiger partial charge on any atom is -0.356 e. The summed E-state index contributed by atoms with van der Waals surface area (Å²) in [5.74, 6) is 0. The molecule has 0 aliphatic carbocycles. The minimum atomic E-state index is -4.43. The predicted octanol–water partition coefficient (Wildman–Crippen LogP) is 2.77. The lowest BCUT2D eigenvalue weighted by atomic mass is 10.1. The van der Waals surface area contributed by atoms with Crippen molar-refractivity contribution < 1.29 is 13.2 Å². The van der Waals surface area contributed by atoms with Gasteiger partial charge in [-0.15, -0.1) is 10.2 Å². The third-order valence-corrected chi connectivity index (χ3v) is 3.94. The maximum Gasteiger partial charge on any atom is 0.445 e. The number of nitrogens with zero attached hydrogens (tertiary/aromatic N) is 2. The lowest BCUT2D eigenvalue weighted by Gasteiger charge is -2.05. The van der Waals surface area contributed by atoms with E-state index in [1.807, 2.05) is 18.2 Å². The number of anilines is 1. The van der Waals surface area contributed by atoms with Crippen LogP contribution in [0.1, 0.15) is 21.7 Å². The van der Waals surface area contributed by atoms with Crippen LogP contribution < -0.4 is 10.6 Å². The first-order valence-corrected chi connectivity index (χ1v) is 6.80. The molecular weight excluding hydrogens is 289 g/mol. The Morgan fingerprint density at radius 3 is 2.75 bits per heavy atom. The number of rotatable bonds is 3. The van der Waals surface area contributed by atoms with Crippen LogP contribution in [-0.4, -0.2) is 10.2 Å². The van der Waals surface area contributed by atoms with Crippen molar-refractivity contribution >= 4 is 16.5 Å². The van der Waals surface area contributed by atoms with Crippen LogP contribution in [0.2, 0.25) is 0 Å². The van der Waals surface area contributed by atoms with E-state index in [1.54, 1.807) is 0 Å². The predicted molar refractivity (Wildman–Crippen MR) is 69.2 cm³/mol. The third kappa shape index (κ3) is 2.75. The molecule has 8 heteroatoms. The molecule has 3 rings (SSSR count). The fourth-order valence-corrected chi connectivity index (χ4v) is 2.65. The van der Waals surface area contributed by atoms with Gasteiger partial charge in [0.15, 0.2) is 0 Å². The van der Waals surface area contributed by atoms with Crippen molar-refractivity contribution in [3.63, 3.8) is 0 Å². The number of halogens is 3. The molecule has 0 radical (unpaired) electrons. The largest absolute Gasteiger partial charge is 0.445 e. The number of fused-ring (bicyclic) bond motifs is 1. The molecule has 0 unspecified atom stereocenters. The summed E-state index contributed by atoms with van der Waals surface area (Å²) in [6.07, 6.45) is -4.43. The summed E-state index contributed by atoms with van der Waals surface area (Å²) in [6, 6.07) is 6.05. The minimum absolute atomic E-state index is 0.177. The van der Waals surface area contributed by atoms with Gasteiger partial charge in [-0.25, -0.2) is 0 Å². The molecule has 2 aromatic rings. The molecule has 1 aromatic heterocycles. The Bertz CT molecular complexity index is 623. The molecule has 2 N–H and O–H groups in total. The van der Waals surface area contributed by atoms with Gasteiger partial charge in [-0.1, -0.05) is 29.5 Å². The summed E-state index contributed by atoms with van der Waals surface area (Å²) >= 11 is 0.514.